The third-order valence-electron chi connectivity index (χ3n) is 5.05. The average molecular weight is 429 g/mol. The van der Waals surface area contributed by atoms with Gasteiger partial charge < -0.3 is 15.4 Å². The van der Waals surface area contributed by atoms with Crippen LogP contribution in [0.15, 0.2) is 24.3 Å². The molecule has 2 heterocycles. The van der Waals surface area contributed by atoms with Crippen LogP contribution in [0.1, 0.15) is 40.7 Å². The molecule has 0 radical (unpaired) electrons. The number of fused-ring (bicyclic) bond motifs is 1. The number of benzene rings is 1. The van der Waals surface area contributed by atoms with E-state index in [0.717, 1.165) is 29.8 Å². The molecule has 0 bridgehead atoms. The van der Waals surface area contributed by atoms with Gasteiger partial charge in [0.2, 0.25) is 11.8 Å². The van der Waals surface area contributed by atoms with Crippen LogP contribution < -0.4 is 10.6 Å². The summed E-state index contributed by atoms with van der Waals surface area (Å²) < 4.78 is 5.05. The molecule has 1 aromatic heterocycles. The van der Waals surface area contributed by atoms with Crippen molar-refractivity contribution in [1.82, 2.24) is 9.88 Å². The van der Waals surface area contributed by atoms with Crippen LogP contribution in [-0.2, 0) is 27.3 Å². The van der Waals surface area contributed by atoms with Gasteiger partial charge in [-0.1, -0.05) is 12.1 Å². The summed E-state index contributed by atoms with van der Waals surface area (Å²) in [4.78, 5) is 44.3. The molecule has 2 aromatic rings. The van der Waals surface area contributed by atoms with Crippen LogP contribution in [-0.4, -0.2) is 47.4 Å². The summed E-state index contributed by atoms with van der Waals surface area (Å²) in [7, 11) is 0. The minimum Gasteiger partial charge on any atom is -0.462 e. The van der Waals surface area contributed by atoms with Crippen molar-refractivity contribution in [1.29, 1.82) is 0 Å². The maximum atomic E-state index is 12.6. The van der Waals surface area contributed by atoms with Crippen LogP contribution in [0.2, 0.25) is 0 Å². The number of nitrogens with zero attached hydrogens (tertiary/aromatic N) is 2. The lowest BCUT2D eigenvalue weighted by Gasteiger charge is -2.25. The molecular formula is C21H24N4O4S. The number of esters is 1. The molecule has 0 saturated heterocycles. The number of carbonyl (C=O) groups excluding carboxylic acids is 3. The number of nitrogens with one attached hydrogen (secondary N) is 2. The lowest BCUT2D eigenvalue weighted by molar-refractivity contribution is -0.118. The first-order valence-corrected chi connectivity index (χ1v) is 10.9. The van der Waals surface area contributed by atoms with Crippen molar-refractivity contribution in [2.75, 3.05) is 30.3 Å². The third kappa shape index (κ3) is 4.85. The Kier molecular flexibility index (Phi) is 6.10. The number of anilines is 2. The van der Waals surface area contributed by atoms with Gasteiger partial charge in [0.05, 0.1) is 30.1 Å². The number of amides is 2. The zero-order chi connectivity index (χ0) is 21.1. The highest BCUT2D eigenvalue weighted by atomic mass is 32.1. The molecule has 0 spiro atoms. The predicted octanol–water partition coefficient (Wildman–Crippen LogP) is 2.67. The van der Waals surface area contributed by atoms with Crippen LogP contribution in [0.3, 0.4) is 0 Å². The summed E-state index contributed by atoms with van der Waals surface area (Å²) in [5.41, 5.74) is 1.78. The van der Waals surface area contributed by atoms with Crippen molar-refractivity contribution >= 4 is 39.9 Å². The largest absolute Gasteiger partial charge is 0.462 e. The summed E-state index contributed by atoms with van der Waals surface area (Å²) in [5.74, 6) is -0.454. The second-order valence-corrected chi connectivity index (χ2v) is 8.51. The van der Waals surface area contributed by atoms with Crippen molar-refractivity contribution in [2.24, 2.45) is 5.92 Å². The summed E-state index contributed by atoms with van der Waals surface area (Å²) in [6.07, 6.45) is 2.65. The standard InChI is InChI=1S/C21H24N4O4S/c1-2-29-20(28)14-5-3-4-6-15(14)22-18(26)12-25-10-9-16-17(11-25)30-21(23-16)24-19(27)13-7-8-13/h3-6,13H,2,7-12H2,1H3,(H,22,26)(H,23,24,27). The van der Waals surface area contributed by atoms with Gasteiger partial charge in [0.15, 0.2) is 5.13 Å². The number of carbonyl (C=O) groups is 3. The Labute approximate surface area is 178 Å². The highest BCUT2D eigenvalue weighted by Gasteiger charge is 2.31. The highest BCUT2D eigenvalue weighted by Crippen LogP contribution is 2.33. The van der Waals surface area contributed by atoms with E-state index < -0.39 is 5.97 Å². The number of rotatable bonds is 7. The molecule has 1 aromatic carbocycles. The van der Waals surface area contributed by atoms with Gasteiger partial charge in [0.1, 0.15) is 0 Å². The number of hydrogen-bond donors (Lipinski definition) is 2. The molecule has 1 fully saturated rings. The fourth-order valence-corrected chi connectivity index (χ4v) is 4.42. The molecule has 2 amide bonds. The molecule has 1 saturated carbocycles. The normalized spacial score (nSPS) is 15.9. The van der Waals surface area contributed by atoms with Gasteiger partial charge in [0, 0.05) is 30.3 Å². The van der Waals surface area contributed by atoms with Crippen molar-refractivity contribution in [3.8, 4) is 0 Å². The Morgan fingerprint density at radius 1 is 1.23 bits per heavy atom. The number of para-hydroxylation sites is 1. The van der Waals surface area contributed by atoms with Gasteiger partial charge in [-0.25, -0.2) is 9.78 Å². The minimum absolute atomic E-state index is 0.0533. The van der Waals surface area contributed by atoms with Gasteiger partial charge in [-0.3, -0.25) is 14.5 Å². The molecule has 0 atom stereocenters. The van der Waals surface area contributed by atoms with E-state index in [1.165, 1.54) is 11.3 Å². The second kappa shape index (κ2) is 8.93. The lowest BCUT2D eigenvalue weighted by Crippen LogP contribution is -2.37. The van der Waals surface area contributed by atoms with Crippen molar-refractivity contribution in [2.45, 2.75) is 32.7 Å². The van der Waals surface area contributed by atoms with Crippen molar-refractivity contribution in [3.63, 3.8) is 0 Å². The summed E-state index contributed by atoms with van der Waals surface area (Å²) in [6.45, 7) is 3.54. The number of hydrogen-bond acceptors (Lipinski definition) is 7. The van der Waals surface area contributed by atoms with E-state index in [9.17, 15) is 14.4 Å². The first-order valence-electron chi connectivity index (χ1n) is 10.1. The fourth-order valence-electron chi connectivity index (χ4n) is 3.36. The second-order valence-electron chi connectivity index (χ2n) is 7.43. The molecule has 2 N–H and O–H groups in total. The zero-order valence-corrected chi connectivity index (χ0v) is 17.6. The van der Waals surface area contributed by atoms with E-state index in [1.54, 1.807) is 31.2 Å². The molecule has 0 unspecified atom stereocenters. The molecular weight excluding hydrogens is 404 g/mol. The predicted molar refractivity (Wildman–Crippen MR) is 113 cm³/mol. The summed E-state index contributed by atoms with van der Waals surface area (Å²) in [5, 5.41) is 6.37. The van der Waals surface area contributed by atoms with Crippen LogP contribution in [0, 0.1) is 5.92 Å². The summed E-state index contributed by atoms with van der Waals surface area (Å²) >= 11 is 1.48. The number of aromatic nitrogens is 1. The topological polar surface area (TPSA) is 101 Å². The van der Waals surface area contributed by atoms with E-state index in [4.69, 9.17) is 4.74 Å². The van der Waals surface area contributed by atoms with Crippen LogP contribution in [0.25, 0.3) is 0 Å². The van der Waals surface area contributed by atoms with E-state index in [0.29, 0.717) is 29.5 Å². The van der Waals surface area contributed by atoms with Crippen LogP contribution in [0.4, 0.5) is 10.8 Å². The molecule has 30 heavy (non-hydrogen) atoms. The molecule has 9 heteroatoms. The Hall–Kier alpha value is -2.78. The van der Waals surface area contributed by atoms with E-state index in [1.807, 2.05) is 4.90 Å². The van der Waals surface area contributed by atoms with E-state index >= 15 is 0 Å². The van der Waals surface area contributed by atoms with Crippen LogP contribution >= 0.6 is 11.3 Å². The van der Waals surface area contributed by atoms with Crippen LogP contribution in [0.5, 0.6) is 0 Å². The Bertz CT molecular complexity index is 970. The van der Waals surface area contributed by atoms with E-state index in [2.05, 4.69) is 15.6 Å². The smallest absolute Gasteiger partial charge is 0.340 e. The Balaban J connectivity index is 1.35. The first kappa shape index (κ1) is 20.5. The fraction of sp³-hybridized carbons (Fsp3) is 0.429. The molecule has 8 nitrogen and oxygen atoms in total. The van der Waals surface area contributed by atoms with Crippen molar-refractivity contribution in [3.05, 3.63) is 40.4 Å². The Morgan fingerprint density at radius 2 is 2.03 bits per heavy atom. The molecule has 1 aliphatic carbocycles. The maximum Gasteiger partial charge on any atom is 0.340 e. The molecule has 158 valence electrons. The SMILES string of the molecule is CCOC(=O)c1ccccc1NC(=O)CN1CCc2nc(NC(=O)C3CC3)sc2C1. The third-order valence-corrected chi connectivity index (χ3v) is 6.05. The lowest BCUT2D eigenvalue weighted by atomic mass is 10.1. The monoisotopic (exact) mass is 428 g/mol. The first-order chi connectivity index (χ1) is 14.5. The quantitative estimate of drug-likeness (QED) is 0.658. The number of thiazole rings is 1. The van der Waals surface area contributed by atoms with Gasteiger partial charge in [-0.2, -0.15) is 0 Å². The van der Waals surface area contributed by atoms with Gasteiger partial charge in [0.25, 0.3) is 0 Å². The average Bonchev–Trinajstić information content (AvgIpc) is 3.49. The highest BCUT2D eigenvalue weighted by molar-refractivity contribution is 7.15. The van der Waals surface area contributed by atoms with Crippen molar-refractivity contribution < 1.29 is 19.1 Å². The number of ether oxygens (including phenoxy) is 1. The molecule has 2 aliphatic rings. The van der Waals surface area contributed by atoms with Gasteiger partial charge in [-0.05, 0) is 31.9 Å². The summed E-state index contributed by atoms with van der Waals surface area (Å²) in [6, 6.07) is 6.82. The van der Waals surface area contributed by atoms with Gasteiger partial charge in [-0.15, -0.1) is 11.3 Å². The minimum atomic E-state index is -0.457. The zero-order valence-electron chi connectivity index (χ0n) is 16.8. The van der Waals surface area contributed by atoms with Gasteiger partial charge >= 0.3 is 5.97 Å². The van der Waals surface area contributed by atoms with E-state index in [-0.39, 0.29) is 30.9 Å². The Morgan fingerprint density at radius 3 is 2.80 bits per heavy atom. The maximum absolute atomic E-state index is 12.6. The molecule has 4 rings (SSSR count). The molecule has 1 aliphatic heterocycles.